The summed E-state index contributed by atoms with van der Waals surface area (Å²) in [5.41, 5.74) is 3.08. The number of likely N-dealkylation sites (tertiary alicyclic amines) is 1. The lowest BCUT2D eigenvalue weighted by atomic mass is 9.58. The molecule has 3 aliphatic rings. The predicted molar refractivity (Wildman–Crippen MR) is 168 cm³/mol. The van der Waals surface area contributed by atoms with Gasteiger partial charge in [0, 0.05) is 41.3 Å². The highest BCUT2D eigenvalue weighted by Gasteiger charge is 2.54. The van der Waals surface area contributed by atoms with E-state index in [-0.39, 0.29) is 35.3 Å². The first kappa shape index (κ1) is 29.7. The highest BCUT2D eigenvalue weighted by molar-refractivity contribution is 7.14. The Kier molecular flexibility index (Phi) is 7.13. The molecule has 1 aliphatic carbocycles. The summed E-state index contributed by atoms with van der Waals surface area (Å²) in [6, 6.07) is 4.80. The summed E-state index contributed by atoms with van der Waals surface area (Å²) in [5, 5.41) is 13.7. The molecule has 2 unspecified atom stereocenters. The molecule has 1 aromatic carbocycles. The maximum atomic E-state index is 15.7. The molecule has 1 saturated carbocycles. The fourth-order valence-electron chi connectivity index (χ4n) is 6.85. The van der Waals surface area contributed by atoms with Crippen molar-refractivity contribution < 1.29 is 18.3 Å². The number of amides is 1. The van der Waals surface area contributed by atoms with Crippen LogP contribution in [0.3, 0.4) is 0 Å². The zero-order valence-electron chi connectivity index (χ0n) is 26.4. The van der Waals surface area contributed by atoms with E-state index in [4.69, 9.17) is 9.15 Å². The van der Waals surface area contributed by atoms with Crippen LogP contribution in [0.15, 0.2) is 35.1 Å². The Morgan fingerprint density at radius 3 is 2.69 bits per heavy atom. The van der Waals surface area contributed by atoms with Gasteiger partial charge >= 0.3 is 6.09 Å². The maximum absolute atomic E-state index is 15.7. The van der Waals surface area contributed by atoms with E-state index in [9.17, 15) is 4.79 Å². The van der Waals surface area contributed by atoms with Crippen LogP contribution in [0, 0.1) is 49.8 Å². The Morgan fingerprint density at radius 2 is 2.00 bits per heavy atom. The molecule has 7 rings (SSSR count). The number of hydrogen-bond donors (Lipinski definition) is 1. The number of nitrogens with zero attached hydrogens (tertiary/aromatic N) is 5. The summed E-state index contributed by atoms with van der Waals surface area (Å²) >= 11 is 1.70. The molecule has 3 aromatic heterocycles. The molecule has 45 heavy (non-hydrogen) atoms. The number of benzene rings is 1. The zero-order valence-corrected chi connectivity index (χ0v) is 27.2. The molecule has 1 N–H and O–H groups in total. The number of aryl methyl sites for hydroxylation is 2. The van der Waals surface area contributed by atoms with E-state index in [1.165, 1.54) is 4.88 Å². The summed E-state index contributed by atoms with van der Waals surface area (Å²) in [4.78, 5) is 19.6. The molecule has 1 saturated heterocycles. The van der Waals surface area contributed by atoms with Crippen LogP contribution in [0.4, 0.5) is 9.18 Å². The van der Waals surface area contributed by atoms with Crippen LogP contribution in [-0.2, 0) is 11.2 Å². The van der Waals surface area contributed by atoms with Gasteiger partial charge in [0.05, 0.1) is 23.8 Å². The minimum Gasteiger partial charge on any atom is -0.449 e. The van der Waals surface area contributed by atoms with Crippen molar-refractivity contribution in [3.63, 3.8) is 0 Å². The largest absolute Gasteiger partial charge is 0.449 e. The Balaban J connectivity index is 1.11. The van der Waals surface area contributed by atoms with Crippen molar-refractivity contribution in [1.29, 1.82) is 0 Å². The minimum atomic E-state index is -0.498. The van der Waals surface area contributed by atoms with Crippen molar-refractivity contribution in [2.75, 3.05) is 13.1 Å². The van der Waals surface area contributed by atoms with Gasteiger partial charge in [-0.15, -0.1) is 21.5 Å². The smallest absolute Gasteiger partial charge is 0.410 e. The van der Waals surface area contributed by atoms with E-state index in [2.05, 4.69) is 50.8 Å². The summed E-state index contributed by atoms with van der Waals surface area (Å²) in [7, 11) is 0. The van der Waals surface area contributed by atoms with E-state index in [1.807, 2.05) is 33.8 Å². The third-order valence-corrected chi connectivity index (χ3v) is 10.3. The number of rotatable bonds is 3. The van der Waals surface area contributed by atoms with Crippen LogP contribution in [0.1, 0.15) is 90.4 Å². The lowest BCUT2D eigenvalue weighted by Gasteiger charge is -2.57. The second kappa shape index (κ2) is 10.8. The van der Waals surface area contributed by atoms with Gasteiger partial charge in [-0.1, -0.05) is 17.9 Å². The standard InChI is InChI=1S/C34H37FN6O3S/c1-19-20(2)45-31-28(19)29(37-26(14-27-36-11-12-43-27)30-39-38-21(3)41(30)31)24-10-9-23(25(35)13-24)8-7-22-15-34(16-22)17-40(18-34)32(42)44-33(4,5)6/h9-13,22,26,29,37H,14-18H2,1-6H3. The molecular weight excluding hydrogens is 591 g/mol. The molecule has 11 heteroatoms. The molecule has 234 valence electrons. The third-order valence-electron chi connectivity index (χ3n) is 9.10. The second-order valence-corrected chi connectivity index (χ2v) is 14.9. The Morgan fingerprint density at radius 1 is 1.22 bits per heavy atom. The molecule has 0 radical (unpaired) electrons. The molecule has 2 atom stereocenters. The Hall–Kier alpha value is -4.01. The van der Waals surface area contributed by atoms with Crippen molar-refractivity contribution in [2.24, 2.45) is 11.3 Å². The quantitative estimate of drug-likeness (QED) is 0.264. The number of ether oxygens (including phenoxy) is 1. The highest BCUT2D eigenvalue weighted by Crippen LogP contribution is 2.52. The van der Waals surface area contributed by atoms with E-state index in [0.717, 1.165) is 46.2 Å². The van der Waals surface area contributed by atoms with Crippen LogP contribution >= 0.6 is 11.3 Å². The number of carbonyl (C=O) groups excluding carboxylic acids is 1. The third kappa shape index (κ3) is 5.44. The summed E-state index contributed by atoms with van der Waals surface area (Å²) < 4.78 is 28.9. The average molecular weight is 629 g/mol. The molecule has 2 aliphatic heterocycles. The van der Waals surface area contributed by atoms with Gasteiger partial charge in [-0.3, -0.25) is 9.88 Å². The highest BCUT2D eigenvalue weighted by atomic mass is 32.1. The number of fused-ring (bicyclic) bond motifs is 3. The second-order valence-electron chi connectivity index (χ2n) is 13.7. The van der Waals surface area contributed by atoms with Crippen LogP contribution in [0.2, 0.25) is 0 Å². The van der Waals surface area contributed by atoms with Crippen molar-refractivity contribution in [2.45, 2.75) is 78.5 Å². The van der Waals surface area contributed by atoms with E-state index < -0.39 is 5.60 Å². The van der Waals surface area contributed by atoms with Crippen molar-refractivity contribution in [3.05, 3.63) is 81.1 Å². The van der Waals surface area contributed by atoms with Gasteiger partial charge < -0.3 is 14.1 Å². The van der Waals surface area contributed by atoms with Crippen LogP contribution < -0.4 is 5.32 Å². The van der Waals surface area contributed by atoms with E-state index in [1.54, 1.807) is 40.8 Å². The number of carbonyl (C=O) groups is 1. The van der Waals surface area contributed by atoms with Gasteiger partial charge in [0.25, 0.3) is 0 Å². The molecule has 9 nitrogen and oxygen atoms in total. The van der Waals surface area contributed by atoms with Gasteiger partial charge in [-0.25, -0.2) is 14.2 Å². The Bertz CT molecular complexity index is 1830. The van der Waals surface area contributed by atoms with Crippen LogP contribution in [0.25, 0.3) is 5.00 Å². The normalized spacial score (nSPS) is 20.4. The number of oxazole rings is 1. The maximum Gasteiger partial charge on any atom is 0.410 e. The number of thiophene rings is 1. The van der Waals surface area contributed by atoms with E-state index >= 15 is 4.39 Å². The first-order valence-electron chi connectivity index (χ1n) is 15.4. The molecule has 0 bridgehead atoms. The lowest BCUT2D eigenvalue weighted by molar-refractivity contribution is -0.0832. The molecule has 4 aromatic rings. The number of halogens is 1. The van der Waals surface area contributed by atoms with Crippen molar-refractivity contribution >= 4 is 17.4 Å². The molecule has 2 fully saturated rings. The van der Waals surface area contributed by atoms with Gasteiger partial charge in [0.1, 0.15) is 28.5 Å². The van der Waals surface area contributed by atoms with Gasteiger partial charge in [0.2, 0.25) is 0 Å². The lowest BCUT2D eigenvalue weighted by Crippen LogP contribution is -2.64. The van der Waals surface area contributed by atoms with Crippen LogP contribution in [-0.4, -0.2) is 49.4 Å². The number of aromatic nitrogens is 4. The molecular formula is C34H37FN6O3S. The predicted octanol–water partition coefficient (Wildman–Crippen LogP) is 6.36. The van der Waals surface area contributed by atoms with Crippen LogP contribution in [0.5, 0.6) is 0 Å². The van der Waals surface area contributed by atoms with E-state index in [0.29, 0.717) is 31.0 Å². The number of hydrogen-bond acceptors (Lipinski definition) is 8. The average Bonchev–Trinajstić information content (AvgIpc) is 3.62. The van der Waals surface area contributed by atoms with Gasteiger partial charge in [0.15, 0.2) is 11.7 Å². The minimum absolute atomic E-state index is 0.126. The zero-order chi connectivity index (χ0) is 31.7. The summed E-state index contributed by atoms with van der Waals surface area (Å²) in [6.45, 7) is 13.2. The first-order valence-corrected chi connectivity index (χ1v) is 16.2. The first-order chi connectivity index (χ1) is 21.4. The number of nitrogens with one attached hydrogen (secondary N) is 1. The van der Waals surface area contributed by atoms with Crippen molar-refractivity contribution in [3.8, 4) is 16.8 Å². The SMILES string of the molecule is Cc1sc2c(c1C)C(c1ccc(C#CC3CC4(C3)CN(C(=O)OC(C)(C)C)C4)c(F)c1)NC(Cc1ncco1)c1nnc(C)n1-2. The molecule has 1 amide bonds. The topological polar surface area (TPSA) is 98.3 Å². The molecule has 1 spiro atoms. The summed E-state index contributed by atoms with van der Waals surface area (Å²) in [6.07, 6.45) is 5.24. The fourth-order valence-corrected chi connectivity index (χ4v) is 8.10. The molecule has 5 heterocycles. The van der Waals surface area contributed by atoms with Gasteiger partial charge in [-0.05, 0) is 77.6 Å². The van der Waals surface area contributed by atoms with Gasteiger partial charge in [-0.2, -0.15) is 0 Å². The monoisotopic (exact) mass is 628 g/mol. The fraction of sp³-hybridized carbons (Fsp3) is 0.471. The Labute approximate surface area is 266 Å². The summed E-state index contributed by atoms with van der Waals surface area (Å²) in [5.74, 6) is 8.41. The van der Waals surface area contributed by atoms with Crippen molar-refractivity contribution in [1.82, 2.24) is 30.0 Å².